The summed E-state index contributed by atoms with van der Waals surface area (Å²) in [5.74, 6) is 0.464. The third-order valence-electron chi connectivity index (χ3n) is 6.15. The van der Waals surface area contributed by atoms with Gasteiger partial charge in [0.05, 0.1) is 6.04 Å². The number of fused-ring (bicyclic) bond motifs is 1. The van der Waals surface area contributed by atoms with E-state index in [-0.39, 0.29) is 23.5 Å². The highest BCUT2D eigenvalue weighted by atomic mass is 19.1. The molecular formula is C27H35FN2O3. The fourth-order valence-electron chi connectivity index (χ4n) is 4.48. The van der Waals surface area contributed by atoms with Crippen LogP contribution in [-0.2, 0) is 16.0 Å². The van der Waals surface area contributed by atoms with E-state index in [4.69, 9.17) is 4.74 Å². The van der Waals surface area contributed by atoms with Crippen molar-refractivity contribution in [3.8, 4) is 5.75 Å². The van der Waals surface area contributed by atoms with Crippen molar-refractivity contribution in [3.05, 3.63) is 65.0 Å². The predicted octanol–water partition coefficient (Wildman–Crippen LogP) is 4.98. The largest absolute Gasteiger partial charge is 0.481 e. The van der Waals surface area contributed by atoms with Crippen molar-refractivity contribution in [1.82, 2.24) is 9.80 Å². The number of hydrogen-bond donors (Lipinski definition) is 0. The maximum atomic E-state index is 14.1. The van der Waals surface area contributed by atoms with Crippen molar-refractivity contribution >= 4 is 11.8 Å². The van der Waals surface area contributed by atoms with Crippen molar-refractivity contribution in [2.24, 2.45) is 5.92 Å². The van der Waals surface area contributed by atoms with Gasteiger partial charge in [0.2, 0.25) is 5.91 Å². The van der Waals surface area contributed by atoms with E-state index in [1.807, 2.05) is 56.9 Å². The van der Waals surface area contributed by atoms with Gasteiger partial charge in [0.25, 0.3) is 5.91 Å². The van der Waals surface area contributed by atoms with Crippen LogP contribution in [0.2, 0.25) is 0 Å². The summed E-state index contributed by atoms with van der Waals surface area (Å²) < 4.78 is 20.2. The summed E-state index contributed by atoms with van der Waals surface area (Å²) in [6.45, 7) is 11.5. The number of rotatable bonds is 8. The van der Waals surface area contributed by atoms with Crippen LogP contribution in [0.5, 0.6) is 5.75 Å². The molecule has 0 radical (unpaired) electrons. The lowest BCUT2D eigenvalue weighted by Gasteiger charge is -2.38. The molecule has 5 nitrogen and oxygen atoms in total. The van der Waals surface area contributed by atoms with Crippen molar-refractivity contribution in [3.63, 3.8) is 0 Å². The number of halogens is 1. The number of carbonyl (C=O) groups is 2. The van der Waals surface area contributed by atoms with Gasteiger partial charge in [0, 0.05) is 26.1 Å². The zero-order chi connectivity index (χ0) is 24.1. The molecule has 2 aromatic rings. The first-order valence-corrected chi connectivity index (χ1v) is 11.9. The number of benzene rings is 2. The van der Waals surface area contributed by atoms with Crippen LogP contribution in [0.3, 0.4) is 0 Å². The summed E-state index contributed by atoms with van der Waals surface area (Å²) >= 11 is 0. The van der Waals surface area contributed by atoms with Gasteiger partial charge in [-0.2, -0.15) is 0 Å². The Hall–Kier alpha value is -2.89. The fourth-order valence-corrected chi connectivity index (χ4v) is 4.48. The Morgan fingerprint density at radius 3 is 2.48 bits per heavy atom. The Bertz CT molecular complexity index is 987. The second-order valence-corrected chi connectivity index (χ2v) is 9.02. The van der Waals surface area contributed by atoms with Gasteiger partial charge in [-0.15, -0.1) is 0 Å². The lowest BCUT2D eigenvalue weighted by atomic mass is 9.87. The van der Waals surface area contributed by atoms with Crippen LogP contribution in [0.1, 0.15) is 63.8 Å². The number of amides is 2. The Kier molecular flexibility index (Phi) is 8.11. The van der Waals surface area contributed by atoms with Gasteiger partial charge in [-0.1, -0.05) is 32.0 Å². The first kappa shape index (κ1) is 24.7. The molecule has 1 heterocycles. The number of likely N-dealkylation sites (N-methyl/N-ethyl adjacent to an activating group) is 1. The number of hydrogen-bond acceptors (Lipinski definition) is 3. The van der Waals surface area contributed by atoms with E-state index in [1.165, 1.54) is 12.1 Å². The van der Waals surface area contributed by atoms with Crippen LogP contribution in [0.25, 0.3) is 0 Å². The zero-order valence-corrected chi connectivity index (χ0v) is 20.3. The Morgan fingerprint density at radius 2 is 1.85 bits per heavy atom. The topological polar surface area (TPSA) is 49.9 Å². The van der Waals surface area contributed by atoms with Gasteiger partial charge >= 0.3 is 0 Å². The fraction of sp³-hybridized carbons (Fsp3) is 0.481. The van der Waals surface area contributed by atoms with Gasteiger partial charge in [-0.3, -0.25) is 9.59 Å². The van der Waals surface area contributed by atoms with Crippen molar-refractivity contribution in [1.29, 1.82) is 0 Å². The van der Waals surface area contributed by atoms with Crippen LogP contribution in [-0.4, -0.2) is 47.4 Å². The molecule has 1 aliphatic heterocycles. The summed E-state index contributed by atoms with van der Waals surface area (Å²) in [7, 11) is 0. The minimum absolute atomic E-state index is 0.0568. The number of ether oxygens (including phenoxy) is 1. The summed E-state index contributed by atoms with van der Waals surface area (Å²) in [5.41, 5.74) is 2.76. The first-order chi connectivity index (χ1) is 15.7. The molecule has 2 aromatic carbocycles. The molecule has 0 N–H and O–H groups in total. The van der Waals surface area contributed by atoms with Crippen LogP contribution < -0.4 is 4.74 Å². The average Bonchev–Trinajstić information content (AvgIpc) is 2.78. The Balaban J connectivity index is 1.97. The van der Waals surface area contributed by atoms with Gasteiger partial charge in [0.1, 0.15) is 11.6 Å². The van der Waals surface area contributed by atoms with Crippen LogP contribution in [0.15, 0.2) is 42.5 Å². The van der Waals surface area contributed by atoms with E-state index in [0.717, 1.165) is 23.1 Å². The summed E-state index contributed by atoms with van der Waals surface area (Å²) in [6, 6.07) is 11.8. The highest BCUT2D eigenvalue weighted by Crippen LogP contribution is 2.38. The molecule has 0 aromatic heterocycles. The van der Waals surface area contributed by atoms with Crippen molar-refractivity contribution in [2.45, 2.75) is 59.6 Å². The highest BCUT2D eigenvalue weighted by Gasteiger charge is 2.33. The molecule has 6 heteroatoms. The van der Waals surface area contributed by atoms with E-state index in [1.54, 1.807) is 17.9 Å². The molecule has 0 aliphatic carbocycles. The molecule has 33 heavy (non-hydrogen) atoms. The van der Waals surface area contributed by atoms with Gasteiger partial charge in [0.15, 0.2) is 6.10 Å². The van der Waals surface area contributed by atoms with Gasteiger partial charge in [-0.05, 0) is 74.1 Å². The average molecular weight is 455 g/mol. The van der Waals surface area contributed by atoms with Crippen LogP contribution >= 0.6 is 0 Å². The summed E-state index contributed by atoms with van der Waals surface area (Å²) in [4.78, 5) is 29.4. The smallest absolute Gasteiger partial charge is 0.263 e. The molecule has 0 bridgehead atoms. The maximum absolute atomic E-state index is 14.1. The second-order valence-electron chi connectivity index (χ2n) is 9.02. The third-order valence-corrected chi connectivity index (χ3v) is 6.15. The molecule has 0 saturated heterocycles. The second kappa shape index (κ2) is 10.8. The molecule has 0 unspecified atom stereocenters. The SMILES string of the molecule is CCN(CC)C(=O)[C@H](C)Oc1ccc2c(c1)[C@@H](c1cccc(F)c1)N(C(=O)CC(C)C)CC2. The minimum Gasteiger partial charge on any atom is -0.481 e. The van der Waals surface area contributed by atoms with Gasteiger partial charge < -0.3 is 14.5 Å². The highest BCUT2D eigenvalue weighted by molar-refractivity contribution is 5.81. The minimum atomic E-state index is -0.627. The van der Waals surface area contributed by atoms with Crippen LogP contribution in [0, 0.1) is 11.7 Å². The standard InChI is InChI=1S/C27H35FN2O3/c1-6-29(7-2)27(32)19(5)33-23-12-11-20-13-14-30(25(31)15-18(3)4)26(24(20)17-23)21-9-8-10-22(28)16-21/h8-12,16-19,26H,6-7,13-15H2,1-5H3/t19-,26+/m0/s1. The quantitative estimate of drug-likeness (QED) is 0.565. The molecule has 0 spiro atoms. The molecule has 2 amide bonds. The van der Waals surface area contributed by atoms with E-state index >= 15 is 0 Å². The van der Waals surface area contributed by atoms with Crippen molar-refractivity contribution < 1.29 is 18.7 Å². The third kappa shape index (κ3) is 5.73. The van der Waals surface area contributed by atoms with E-state index in [9.17, 15) is 14.0 Å². The lowest BCUT2D eigenvalue weighted by Crippen LogP contribution is -2.41. The van der Waals surface area contributed by atoms with E-state index in [2.05, 4.69) is 0 Å². The monoisotopic (exact) mass is 454 g/mol. The molecule has 3 rings (SSSR count). The lowest BCUT2D eigenvalue weighted by molar-refractivity contribution is -0.137. The predicted molar refractivity (Wildman–Crippen MR) is 128 cm³/mol. The molecule has 0 fully saturated rings. The molecule has 1 aliphatic rings. The summed E-state index contributed by atoms with van der Waals surface area (Å²) in [5, 5.41) is 0. The molecule has 0 saturated carbocycles. The molecule has 178 valence electrons. The maximum Gasteiger partial charge on any atom is 0.263 e. The zero-order valence-electron chi connectivity index (χ0n) is 20.3. The first-order valence-electron chi connectivity index (χ1n) is 11.9. The molecular weight excluding hydrogens is 419 g/mol. The Labute approximate surface area is 196 Å². The summed E-state index contributed by atoms with van der Waals surface area (Å²) in [6.07, 6.45) is 0.532. The number of nitrogens with zero attached hydrogens (tertiary/aromatic N) is 2. The Morgan fingerprint density at radius 1 is 1.12 bits per heavy atom. The van der Waals surface area contributed by atoms with E-state index in [0.29, 0.717) is 31.8 Å². The van der Waals surface area contributed by atoms with Gasteiger partial charge in [-0.25, -0.2) is 4.39 Å². The molecule has 2 atom stereocenters. The normalized spacial score (nSPS) is 16.3. The van der Waals surface area contributed by atoms with Crippen LogP contribution in [0.4, 0.5) is 4.39 Å². The van der Waals surface area contributed by atoms with E-state index < -0.39 is 12.1 Å². The van der Waals surface area contributed by atoms with Crippen molar-refractivity contribution in [2.75, 3.05) is 19.6 Å². The number of carbonyl (C=O) groups excluding carboxylic acids is 2.